The van der Waals surface area contributed by atoms with Gasteiger partial charge in [0.05, 0.1) is 12.2 Å². The monoisotopic (exact) mass is 483 g/mol. The normalized spacial score (nSPS) is 16.9. The highest BCUT2D eigenvalue weighted by atomic mass is 127. The van der Waals surface area contributed by atoms with Crippen LogP contribution in [-0.2, 0) is 19.5 Å². The molecule has 27 heavy (non-hydrogen) atoms. The smallest absolute Gasteiger partial charge is 0.194 e. The van der Waals surface area contributed by atoms with Crippen LogP contribution < -0.4 is 10.2 Å². The van der Waals surface area contributed by atoms with Crippen molar-refractivity contribution in [1.82, 2.24) is 25.0 Å². The van der Waals surface area contributed by atoms with Gasteiger partial charge in [0, 0.05) is 46.2 Å². The lowest BCUT2D eigenvalue weighted by atomic mass is 10.2. The number of aryl methyl sites for hydroxylation is 1. The van der Waals surface area contributed by atoms with Crippen molar-refractivity contribution >= 4 is 35.6 Å². The number of guanidine groups is 1. The highest BCUT2D eigenvalue weighted by Gasteiger charge is 2.22. The van der Waals surface area contributed by atoms with Crippen LogP contribution >= 0.6 is 24.0 Å². The quantitative estimate of drug-likeness (QED) is 0.391. The van der Waals surface area contributed by atoms with Crippen LogP contribution in [0.4, 0.5) is 5.69 Å². The molecule has 0 saturated carbocycles. The Hall–Kier alpha value is -2.04. The Balaban J connectivity index is 0.00000210. The van der Waals surface area contributed by atoms with E-state index in [1.54, 1.807) is 6.07 Å². The van der Waals surface area contributed by atoms with E-state index in [2.05, 4.69) is 34.9 Å². The fourth-order valence-electron chi connectivity index (χ4n) is 3.72. The molecule has 1 saturated heterocycles. The molecule has 1 aromatic heterocycles. The van der Waals surface area contributed by atoms with Crippen LogP contribution in [-0.4, -0.2) is 64.0 Å². The van der Waals surface area contributed by atoms with Gasteiger partial charge >= 0.3 is 0 Å². The van der Waals surface area contributed by atoms with Gasteiger partial charge in [0.25, 0.3) is 0 Å². The summed E-state index contributed by atoms with van der Waals surface area (Å²) in [5.41, 5.74) is 0.897. The van der Waals surface area contributed by atoms with Gasteiger partial charge in [0.15, 0.2) is 11.8 Å². The van der Waals surface area contributed by atoms with Crippen molar-refractivity contribution in [3.8, 4) is 5.75 Å². The number of nitrogens with one attached hydrogen (secondary N) is 1. The Bertz CT molecular complexity index is 799. The Morgan fingerprint density at radius 3 is 2.67 bits per heavy atom. The van der Waals surface area contributed by atoms with Crippen LogP contribution in [0.25, 0.3) is 0 Å². The van der Waals surface area contributed by atoms with Gasteiger partial charge in [-0.1, -0.05) is 12.1 Å². The maximum Gasteiger partial charge on any atom is 0.194 e. The lowest BCUT2D eigenvalue weighted by Crippen LogP contribution is -2.52. The number of hydrogen-bond donors (Lipinski definition) is 2. The van der Waals surface area contributed by atoms with E-state index in [4.69, 9.17) is 0 Å². The highest BCUT2D eigenvalue weighted by Crippen LogP contribution is 2.27. The number of phenolic OH excluding ortho intramolecular Hbond substituents is 1. The van der Waals surface area contributed by atoms with Gasteiger partial charge in [0.1, 0.15) is 11.6 Å². The maximum absolute atomic E-state index is 10.0. The van der Waals surface area contributed by atoms with Crippen LogP contribution in [0, 0.1) is 0 Å². The summed E-state index contributed by atoms with van der Waals surface area (Å²) in [6, 6.07) is 7.50. The number of anilines is 1. The van der Waals surface area contributed by atoms with Crippen molar-refractivity contribution in [2.45, 2.75) is 25.9 Å². The van der Waals surface area contributed by atoms with Gasteiger partial charge in [-0.05, 0) is 18.6 Å². The Morgan fingerprint density at radius 1 is 1.15 bits per heavy atom. The molecule has 0 unspecified atom stereocenters. The first-order valence-corrected chi connectivity index (χ1v) is 9.16. The number of nitrogens with zero attached hydrogens (tertiary/aromatic N) is 6. The van der Waals surface area contributed by atoms with Crippen LogP contribution in [0.2, 0.25) is 0 Å². The Morgan fingerprint density at radius 2 is 1.93 bits per heavy atom. The summed E-state index contributed by atoms with van der Waals surface area (Å²) >= 11 is 0. The molecule has 0 bridgehead atoms. The van der Waals surface area contributed by atoms with Crippen molar-refractivity contribution in [2.75, 3.05) is 38.1 Å². The summed E-state index contributed by atoms with van der Waals surface area (Å²) in [5, 5.41) is 22.0. The van der Waals surface area contributed by atoms with Crippen molar-refractivity contribution < 1.29 is 5.11 Å². The minimum Gasteiger partial charge on any atom is -0.506 e. The second kappa shape index (κ2) is 8.77. The second-order valence-corrected chi connectivity index (χ2v) is 6.65. The van der Waals surface area contributed by atoms with E-state index in [0.29, 0.717) is 12.3 Å². The molecule has 0 spiro atoms. The first kappa shape index (κ1) is 19.7. The van der Waals surface area contributed by atoms with Gasteiger partial charge in [-0.15, -0.1) is 34.2 Å². The third kappa shape index (κ3) is 4.12. The fourth-order valence-corrected chi connectivity index (χ4v) is 3.72. The molecule has 0 atom stereocenters. The molecule has 0 aliphatic carbocycles. The molecule has 0 radical (unpaired) electrons. The number of fused-ring (bicyclic) bond motifs is 1. The minimum atomic E-state index is 0. The molecule has 2 N–H and O–H groups in total. The number of halogens is 1. The maximum atomic E-state index is 10.0. The molecule has 1 fully saturated rings. The number of benzene rings is 1. The predicted molar refractivity (Wildman–Crippen MR) is 116 cm³/mol. The SMILES string of the molecule is CN=C(NCc1nnc2n1CCC2)N1CCN(c2ccccc2O)CC1.I. The number of aromatic hydroxyl groups is 1. The summed E-state index contributed by atoms with van der Waals surface area (Å²) in [6.45, 7) is 5.05. The summed E-state index contributed by atoms with van der Waals surface area (Å²) in [5.74, 6) is 3.29. The van der Waals surface area contributed by atoms with Gasteiger partial charge in [-0.25, -0.2) is 0 Å². The number of rotatable bonds is 3. The van der Waals surface area contributed by atoms with Crippen molar-refractivity contribution in [3.63, 3.8) is 0 Å². The molecular formula is C18H26IN7O. The Labute approximate surface area is 176 Å². The van der Waals surface area contributed by atoms with Gasteiger partial charge in [-0.3, -0.25) is 4.99 Å². The Kier molecular flexibility index (Phi) is 6.40. The van der Waals surface area contributed by atoms with E-state index < -0.39 is 0 Å². The van der Waals surface area contributed by atoms with Gasteiger partial charge < -0.3 is 24.8 Å². The molecule has 9 heteroatoms. The number of piperazine rings is 1. The molecule has 1 aromatic carbocycles. The first-order chi connectivity index (χ1) is 12.8. The van der Waals surface area contributed by atoms with Gasteiger partial charge in [-0.2, -0.15) is 0 Å². The van der Waals surface area contributed by atoms with E-state index >= 15 is 0 Å². The molecule has 2 aromatic rings. The summed E-state index contributed by atoms with van der Waals surface area (Å²) in [4.78, 5) is 8.89. The van der Waals surface area contributed by atoms with Crippen LogP contribution in [0.1, 0.15) is 18.1 Å². The lowest BCUT2D eigenvalue weighted by Gasteiger charge is -2.37. The predicted octanol–water partition coefficient (Wildman–Crippen LogP) is 1.45. The summed E-state index contributed by atoms with van der Waals surface area (Å²) in [6.07, 6.45) is 2.18. The van der Waals surface area contributed by atoms with Crippen molar-refractivity contribution in [3.05, 3.63) is 35.9 Å². The minimum absolute atomic E-state index is 0. The number of aromatic nitrogens is 3. The molecular weight excluding hydrogens is 457 g/mol. The van der Waals surface area contributed by atoms with Gasteiger partial charge in [0.2, 0.25) is 0 Å². The van der Waals surface area contributed by atoms with Crippen LogP contribution in [0.15, 0.2) is 29.3 Å². The largest absolute Gasteiger partial charge is 0.506 e. The fraction of sp³-hybridized carbons (Fsp3) is 0.500. The molecule has 2 aliphatic heterocycles. The van der Waals surface area contributed by atoms with Crippen molar-refractivity contribution in [1.29, 1.82) is 0 Å². The molecule has 3 heterocycles. The zero-order chi connectivity index (χ0) is 17.9. The third-order valence-corrected chi connectivity index (χ3v) is 5.10. The van der Waals surface area contributed by atoms with Crippen LogP contribution in [0.3, 0.4) is 0 Å². The van der Waals surface area contributed by atoms with E-state index in [9.17, 15) is 5.11 Å². The number of phenols is 1. The average Bonchev–Trinajstić information content (AvgIpc) is 3.28. The van der Waals surface area contributed by atoms with Crippen molar-refractivity contribution in [2.24, 2.45) is 4.99 Å². The standard InChI is InChI=1S/C18H25N7O.HI/c1-19-18(20-13-17-22-21-16-7-4-8-25(16)17)24-11-9-23(10-12-24)14-5-2-3-6-15(14)26;/h2-3,5-6,26H,4,7-13H2,1H3,(H,19,20);1H. The number of para-hydroxylation sites is 2. The average molecular weight is 483 g/mol. The summed E-state index contributed by atoms with van der Waals surface area (Å²) < 4.78 is 2.20. The van der Waals surface area contributed by atoms with E-state index in [1.165, 1.54) is 0 Å². The van der Waals surface area contributed by atoms with E-state index in [0.717, 1.165) is 68.9 Å². The highest BCUT2D eigenvalue weighted by molar-refractivity contribution is 14.0. The first-order valence-electron chi connectivity index (χ1n) is 9.16. The molecule has 146 valence electrons. The summed E-state index contributed by atoms with van der Waals surface area (Å²) in [7, 11) is 1.81. The molecule has 4 rings (SSSR count). The zero-order valence-electron chi connectivity index (χ0n) is 15.5. The topological polar surface area (TPSA) is 81.8 Å². The van der Waals surface area contributed by atoms with E-state index in [1.807, 2.05) is 25.2 Å². The van der Waals surface area contributed by atoms with E-state index in [-0.39, 0.29) is 24.0 Å². The third-order valence-electron chi connectivity index (χ3n) is 5.10. The molecule has 2 aliphatic rings. The lowest BCUT2D eigenvalue weighted by molar-refractivity contribution is 0.369. The number of aliphatic imine (C=N–C) groups is 1. The number of hydrogen-bond acceptors (Lipinski definition) is 5. The second-order valence-electron chi connectivity index (χ2n) is 6.65. The molecule has 8 nitrogen and oxygen atoms in total. The molecule has 0 amide bonds. The zero-order valence-corrected chi connectivity index (χ0v) is 17.8. The van der Waals surface area contributed by atoms with Crippen LogP contribution in [0.5, 0.6) is 5.75 Å².